The Kier molecular flexibility index (Phi) is 8.49. The van der Waals surface area contributed by atoms with Gasteiger partial charge in [0.25, 0.3) is 0 Å². The summed E-state index contributed by atoms with van der Waals surface area (Å²) in [5, 5.41) is 47.4. The number of aliphatic hydroxyl groups is 3. The van der Waals surface area contributed by atoms with Crippen LogP contribution in [-0.2, 0) is 14.4 Å². The van der Waals surface area contributed by atoms with Crippen LogP contribution in [0.15, 0.2) is 71.4 Å². The summed E-state index contributed by atoms with van der Waals surface area (Å²) in [4.78, 5) is 40.7. The summed E-state index contributed by atoms with van der Waals surface area (Å²) in [7, 11) is 0. The number of aliphatic hydroxyl groups excluding tert-OH is 1. The molecule has 274 valence electrons. The minimum absolute atomic E-state index is 0.0230. The molecule has 10 atom stereocenters. The molecule has 0 aliphatic heterocycles. The highest BCUT2D eigenvalue weighted by Gasteiger charge is 2.80. The number of rotatable bonds is 8. The standard InChI is InChI=1S/C44H56O7/c1-26(22-30(45)23-27(2)38(48)49)32-24-42(50)20-21-44(51)31(17-16-28-12-8-7-9-13-28)36-39(3,4)34(47)18-19-40(36,5)35-33(46)25-43(32,29-14-10-11-15-29)41(42,6)37(35)44/h7-9,12-13,16-17,20-21,23,26,29-32,36,45,50-51H,10-11,14-15,18-19,22,24-25H2,1-6H3,(H,48,49)/b17-16+,27-23+/t26-,30+,31-,32-,36-,40-,41-,42+,43+,44-/m1/s1. The van der Waals surface area contributed by atoms with E-state index in [1.807, 2.05) is 56.3 Å². The van der Waals surface area contributed by atoms with Crippen molar-refractivity contribution in [2.75, 3.05) is 0 Å². The summed E-state index contributed by atoms with van der Waals surface area (Å²) >= 11 is 0. The molecule has 0 radical (unpaired) electrons. The zero-order valence-corrected chi connectivity index (χ0v) is 31.1. The van der Waals surface area contributed by atoms with Gasteiger partial charge in [0.05, 0.1) is 11.7 Å². The van der Waals surface area contributed by atoms with Gasteiger partial charge in [0.2, 0.25) is 0 Å². The number of carboxylic acids is 1. The zero-order chi connectivity index (χ0) is 36.9. The lowest BCUT2D eigenvalue weighted by atomic mass is 9.35. The van der Waals surface area contributed by atoms with Crippen LogP contribution in [0.5, 0.6) is 0 Å². The normalized spacial score (nSPS) is 41.5. The molecule has 0 aromatic heterocycles. The second-order valence-electron chi connectivity index (χ2n) is 18.2. The molecule has 0 spiro atoms. The number of carbonyl (C=O) groups is 3. The highest BCUT2D eigenvalue weighted by Crippen LogP contribution is 2.80. The van der Waals surface area contributed by atoms with E-state index in [1.54, 1.807) is 6.08 Å². The topological polar surface area (TPSA) is 132 Å². The van der Waals surface area contributed by atoms with Gasteiger partial charge >= 0.3 is 5.97 Å². The lowest BCUT2D eigenvalue weighted by molar-refractivity contribution is -0.169. The maximum absolute atomic E-state index is 15.3. The maximum atomic E-state index is 15.3. The van der Waals surface area contributed by atoms with Gasteiger partial charge in [-0.25, -0.2) is 4.79 Å². The predicted molar refractivity (Wildman–Crippen MR) is 196 cm³/mol. The number of carboxylic acid groups (broad SMARTS) is 1. The van der Waals surface area contributed by atoms with E-state index in [0.29, 0.717) is 36.8 Å². The van der Waals surface area contributed by atoms with Crippen molar-refractivity contribution < 1.29 is 34.8 Å². The van der Waals surface area contributed by atoms with Gasteiger partial charge in [0.15, 0.2) is 5.78 Å². The first-order valence-corrected chi connectivity index (χ1v) is 19.2. The molecule has 3 fully saturated rings. The van der Waals surface area contributed by atoms with Gasteiger partial charge in [0.1, 0.15) is 11.4 Å². The van der Waals surface area contributed by atoms with Crippen molar-refractivity contribution in [2.24, 2.45) is 51.2 Å². The Labute approximate surface area is 302 Å². The number of ketones is 2. The van der Waals surface area contributed by atoms with E-state index in [0.717, 1.165) is 31.2 Å². The molecule has 7 rings (SSSR count). The summed E-state index contributed by atoms with van der Waals surface area (Å²) in [5.74, 6) is -2.04. The van der Waals surface area contributed by atoms with Crippen molar-refractivity contribution in [1.82, 2.24) is 0 Å². The third-order valence-corrected chi connectivity index (χ3v) is 15.4. The summed E-state index contributed by atoms with van der Waals surface area (Å²) in [6.07, 6.45) is 13.8. The van der Waals surface area contributed by atoms with Crippen molar-refractivity contribution in [3.05, 3.63) is 76.9 Å². The van der Waals surface area contributed by atoms with Crippen molar-refractivity contribution >= 4 is 23.6 Å². The molecule has 1 aromatic rings. The predicted octanol–water partition coefficient (Wildman–Crippen LogP) is 7.26. The van der Waals surface area contributed by atoms with Crippen molar-refractivity contribution in [1.29, 1.82) is 0 Å². The molecule has 7 nitrogen and oxygen atoms in total. The number of allylic oxidation sites excluding steroid dienone is 1. The fraction of sp³-hybridized carbons (Fsp3) is 0.614. The number of benzene rings is 1. The highest BCUT2D eigenvalue weighted by molar-refractivity contribution is 6.02. The molecular formula is C44H56O7. The first kappa shape index (κ1) is 36.2. The quantitative estimate of drug-likeness (QED) is 0.166. The number of hydrogen-bond acceptors (Lipinski definition) is 6. The van der Waals surface area contributed by atoms with Gasteiger partial charge in [-0.05, 0) is 91.4 Å². The second-order valence-corrected chi connectivity index (χ2v) is 18.2. The summed E-state index contributed by atoms with van der Waals surface area (Å²) in [6.45, 7) is 11.8. The molecule has 0 amide bonds. The van der Waals surface area contributed by atoms with E-state index in [-0.39, 0.29) is 47.2 Å². The van der Waals surface area contributed by atoms with E-state index in [1.165, 1.54) is 13.0 Å². The maximum Gasteiger partial charge on any atom is 0.331 e. The van der Waals surface area contributed by atoms with Crippen LogP contribution >= 0.6 is 0 Å². The first-order chi connectivity index (χ1) is 23.9. The molecule has 1 aromatic carbocycles. The van der Waals surface area contributed by atoms with Crippen molar-refractivity contribution in [2.45, 2.75) is 117 Å². The Morgan fingerprint density at radius 3 is 2.33 bits per heavy atom. The smallest absolute Gasteiger partial charge is 0.331 e. The van der Waals surface area contributed by atoms with Gasteiger partial charge in [-0.3, -0.25) is 9.59 Å². The molecule has 4 N–H and O–H groups in total. The average Bonchev–Trinajstić information content (AvgIpc) is 3.68. The van der Waals surface area contributed by atoms with Crippen LogP contribution < -0.4 is 0 Å². The van der Waals surface area contributed by atoms with Crippen LogP contribution in [0.4, 0.5) is 0 Å². The van der Waals surface area contributed by atoms with Crippen LogP contribution in [0.3, 0.4) is 0 Å². The largest absolute Gasteiger partial charge is 0.478 e. The highest BCUT2D eigenvalue weighted by atomic mass is 16.4. The molecule has 6 aliphatic carbocycles. The van der Waals surface area contributed by atoms with E-state index < -0.39 is 50.9 Å². The molecule has 0 bridgehead atoms. The minimum Gasteiger partial charge on any atom is -0.478 e. The van der Waals surface area contributed by atoms with Crippen LogP contribution in [0.25, 0.3) is 6.08 Å². The van der Waals surface area contributed by atoms with Gasteiger partial charge in [-0.1, -0.05) is 96.0 Å². The number of Topliss-reactive ketones (excluding diaryl/α,β-unsaturated/α-hetero) is 2. The number of carbonyl (C=O) groups excluding carboxylic acids is 2. The number of hydrogen-bond donors (Lipinski definition) is 4. The lowest BCUT2D eigenvalue weighted by Crippen LogP contribution is -2.70. The molecule has 7 heteroatoms. The van der Waals surface area contributed by atoms with Crippen molar-refractivity contribution in [3.8, 4) is 0 Å². The number of fused-ring (bicyclic) bond motifs is 2. The number of aliphatic carboxylic acids is 1. The molecule has 3 saturated carbocycles. The zero-order valence-electron chi connectivity index (χ0n) is 31.1. The Morgan fingerprint density at radius 1 is 1.02 bits per heavy atom. The van der Waals surface area contributed by atoms with Gasteiger partial charge in [-0.2, -0.15) is 0 Å². The molecule has 6 aliphatic rings. The monoisotopic (exact) mass is 696 g/mol. The van der Waals surface area contributed by atoms with Gasteiger partial charge in [0, 0.05) is 46.2 Å². The fourth-order valence-corrected chi connectivity index (χ4v) is 13.3. The third-order valence-electron chi connectivity index (χ3n) is 15.4. The second kappa shape index (κ2) is 11.9. The third kappa shape index (κ3) is 4.82. The molecule has 0 saturated heterocycles. The average molecular weight is 697 g/mol. The van der Waals surface area contributed by atoms with Crippen LogP contribution in [0.2, 0.25) is 0 Å². The van der Waals surface area contributed by atoms with Gasteiger partial charge in [-0.15, -0.1) is 0 Å². The van der Waals surface area contributed by atoms with Crippen molar-refractivity contribution in [3.63, 3.8) is 0 Å². The minimum atomic E-state index is -1.63. The molecule has 51 heavy (non-hydrogen) atoms. The summed E-state index contributed by atoms with van der Waals surface area (Å²) in [6, 6.07) is 9.94. The van der Waals surface area contributed by atoms with E-state index >= 15 is 4.79 Å². The van der Waals surface area contributed by atoms with E-state index in [4.69, 9.17) is 0 Å². The van der Waals surface area contributed by atoms with E-state index in [2.05, 4.69) is 26.8 Å². The Balaban J connectivity index is 1.47. The Hall–Kier alpha value is -3.13. The van der Waals surface area contributed by atoms with Crippen LogP contribution in [0.1, 0.15) is 105 Å². The molecule has 0 heterocycles. The summed E-state index contributed by atoms with van der Waals surface area (Å²) < 4.78 is 0. The van der Waals surface area contributed by atoms with Gasteiger partial charge < -0.3 is 20.4 Å². The lowest BCUT2D eigenvalue weighted by Gasteiger charge is -2.69. The summed E-state index contributed by atoms with van der Waals surface area (Å²) in [5.41, 5.74) is -3.88. The first-order valence-electron chi connectivity index (χ1n) is 19.2. The SMILES string of the molecule is C/C(=C\[C@@H](O)C[C@@H](C)[C@H]1C[C@@]2(O)C=C[C@]3(O)C4=C(C(=O)C[C@@]1(C1CCCC1)[C@]42C)[C@@]1(C)CCC(=O)C(C)(C)[C@H]1[C@H]3/C=C/c1ccccc1)C(=O)O. The Morgan fingerprint density at radius 2 is 1.69 bits per heavy atom. The fourth-order valence-electron chi connectivity index (χ4n) is 13.3. The molecular weight excluding hydrogens is 640 g/mol. The van der Waals surface area contributed by atoms with Crippen LogP contribution in [-0.4, -0.2) is 55.3 Å². The van der Waals surface area contributed by atoms with Crippen LogP contribution in [0, 0.1) is 51.2 Å². The molecule has 0 unspecified atom stereocenters. The van der Waals surface area contributed by atoms with E-state index in [9.17, 15) is 30.0 Å². The Bertz CT molecular complexity index is 1760.